The zero-order chi connectivity index (χ0) is 16.1. The molecule has 1 aromatic carbocycles. The van der Waals surface area contributed by atoms with Crippen LogP contribution in [0.3, 0.4) is 0 Å². The van der Waals surface area contributed by atoms with Crippen molar-refractivity contribution in [3.63, 3.8) is 0 Å². The summed E-state index contributed by atoms with van der Waals surface area (Å²) in [5.74, 6) is -0.444. The average molecular weight is 319 g/mol. The Morgan fingerprint density at radius 1 is 1.55 bits per heavy atom. The van der Waals surface area contributed by atoms with E-state index in [1.807, 2.05) is 6.92 Å². The third-order valence-corrected chi connectivity index (χ3v) is 3.68. The number of carbonyl (C=O) groups excluding carboxylic acids is 1. The van der Waals surface area contributed by atoms with Gasteiger partial charge in [0, 0.05) is 6.07 Å². The van der Waals surface area contributed by atoms with Crippen LogP contribution in [0.5, 0.6) is 0 Å². The summed E-state index contributed by atoms with van der Waals surface area (Å²) in [7, 11) is 0. The zero-order valence-corrected chi connectivity index (χ0v) is 12.5. The quantitative estimate of drug-likeness (QED) is 0.495. The predicted molar refractivity (Wildman–Crippen MR) is 84.1 cm³/mol. The maximum atomic E-state index is 12.0. The molecule has 8 nitrogen and oxygen atoms in total. The van der Waals surface area contributed by atoms with Crippen molar-refractivity contribution in [2.45, 2.75) is 13.3 Å². The van der Waals surface area contributed by atoms with E-state index in [1.165, 1.54) is 18.3 Å². The molecule has 1 aromatic heterocycles. The number of amides is 1. The number of nitro benzene ring substituents is 1. The molecule has 0 bridgehead atoms. The Kier molecular flexibility index (Phi) is 4.79. The van der Waals surface area contributed by atoms with Gasteiger partial charge in [-0.3, -0.25) is 14.9 Å². The Hall–Kier alpha value is -2.81. The first-order chi connectivity index (χ1) is 10.5. The van der Waals surface area contributed by atoms with Crippen LogP contribution in [0.2, 0.25) is 0 Å². The van der Waals surface area contributed by atoms with Crippen LogP contribution < -0.4 is 11.2 Å². The van der Waals surface area contributed by atoms with Gasteiger partial charge in [-0.25, -0.2) is 10.4 Å². The molecule has 0 atom stereocenters. The van der Waals surface area contributed by atoms with Crippen molar-refractivity contribution in [1.82, 2.24) is 10.4 Å². The van der Waals surface area contributed by atoms with Gasteiger partial charge in [-0.15, -0.1) is 0 Å². The average Bonchev–Trinajstić information content (AvgIpc) is 2.88. The summed E-state index contributed by atoms with van der Waals surface area (Å²) in [6.45, 7) is 1.86. The van der Waals surface area contributed by atoms with Crippen LogP contribution in [-0.4, -0.2) is 22.0 Å². The first-order valence-electron chi connectivity index (χ1n) is 6.35. The molecule has 0 aliphatic heterocycles. The fourth-order valence-corrected chi connectivity index (χ4v) is 2.57. The number of anilines is 1. The van der Waals surface area contributed by atoms with Crippen LogP contribution in [0.4, 0.5) is 10.8 Å². The Morgan fingerprint density at radius 3 is 2.95 bits per heavy atom. The summed E-state index contributed by atoms with van der Waals surface area (Å²) < 4.78 is 0. The zero-order valence-electron chi connectivity index (χ0n) is 11.6. The molecule has 0 saturated heterocycles. The summed E-state index contributed by atoms with van der Waals surface area (Å²) in [5, 5.41) is 14.9. The van der Waals surface area contributed by atoms with Crippen LogP contribution in [0.15, 0.2) is 29.4 Å². The lowest BCUT2D eigenvalue weighted by Gasteiger charge is -1.99. The number of rotatable bonds is 5. The minimum Gasteiger partial charge on any atom is -0.375 e. The SMILES string of the molecule is CCc1nc(N)sc1C(=O)N/N=C\c1ccccc1[N+](=O)[O-]. The standard InChI is InChI=1S/C13H13N5O3S/c1-2-9-11(22-13(14)16-9)12(19)17-15-7-8-5-3-4-6-10(8)18(20)21/h3-7H,2H2,1H3,(H2,14,16)(H,17,19)/b15-7-. The molecule has 0 unspecified atom stereocenters. The minimum absolute atomic E-state index is 0.0863. The summed E-state index contributed by atoms with van der Waals surface area (Å²) >= 11 is 1.07. The molecule has 0 radical (unpaired) electrons. The van der Waals surface area contributed by atoms with Gasteiger partial charge in [0.25, 0.3) is 11.6 Å². The van der Waals surface area contributed by atoms with Crippen LogP contribution in [-0.2, 0) is 6.42 Å². The molecule has 0 aliphatic rings. The van der Waals surface area contributed by atoms with Gasteiger partial charge >= 0.3 is 0 Å². The molecule has 3 N–H and O–H groups in total. The topological polar surface area (TPSA) is 124 Å². The van der Waals surface area contributed by atoms with E-state index in [9.17, 15) is 14.9 Å². The maximum absolute atomic E-state index is 12.0. The van der Waals surface area contributed by atoms with Gasteiger partial charge in [0.05, 0.1) is 22.4 Å². The molecular weight excluding hydrogens is 306 g/mol. The summed E-state index contributed by atoms with van der Waals surface area (Å²) in [5.41, 5.74) is 8.71. The molecule has 9 heteroatoms. The third kappa shape index (κ3) is 3.44. The lowest BCUT2D eigenvalue weighted by molar-refractivity contribution is -0.385. The number of para-hydroxylation sites is 1. The second-order valence-electron chi connectivity index (χ2n) is 4.20. The largest absolute Gasteiger partial charge is 0.375 e. The van der Waals surface area contributed by atoms with Crippen LogP contribution in [0.25, 0.3) is 0 Å². The molecule has 1 heterocycles. The summed E-state index contributed by atoms with van der Waals surface area (Å²) in [4.78, 5) is 26.8. The number of carbonyl (C=O) groups is 1. The van der Waals surface area contributed by atoms with Crippen molar-refractivity contribution in [1.29, 1.82) is 0 Å². The molecule has 114 valence electrons. The number of aromatic nitrogens is 1. The van der Waals surface area contributed by atoms with E-state index in [1.54, 1.807) is 12.1 Å². The fraction of sp³-hybridized carbons (Fsp3) is 0.154. The van der Waals surface area contributed by atoms with E-state index in [-0.39, 0.29) is 5.69 Å². The highest BCUT2D eigenvalue weighted by Crippen LogP contribution is 2.20. The van der Waals surface area contributed by atoms with Crippen LogP contribution in [0, 0.1) is 10.1 Å². The van der Waals surface area contributed by atoms with Gasteiger partial charge in [-0.2, -0.15) is 5.10 Å². The number of nitrogens with one attached hydrogen (secondary N) is 1. The second-order valence-corrected chi connectivity index (χ2v) is 5.23. The molecular formula is C13H13N5O3S. The predicted octanol–water partition coefficient (Wildman–Crippen LogP) is 1.96. The summed E-state index contributed by atoms with van der Waals surface area (Å²) in [6.07, 6.45) is 1.80. The van der Waals surface area contributed by atoms with E-state index >= 15 is 0 Å². The van der Waals surface area contributed by atoms with Crippen LogP contribution >= 0.6 is 11.3 Å². The molecule has 2 rings (SSSR count). The first-order valence-corrected chi connectivity index (χ1v) is 7.16. The number of thiazole rings is 1. The molecule has 2 aromatic rings. The van der Waals surface area contributed by atoms with E-state index < -0.39 is 10.8 Å². The Morgan fingerprint density at radius 2 is 2.27 bits per heavy atom. The number of nitrogen functional groups attached to an aromatic ring is 1. The monoisotopic (exact) mass is 319 g/mol. The van der Waals surface area contributed by atoms with Gasteiger partial charge in [0.2, 0.25) is 0 Å². The van der Waals surface area contributed by atoms with Gasteiger partial charge < -0.3 is 5.73 Å². The number of nitrogens with zero attached hydrogens (tertiary/aromatic N) is 3. The maximum Gasteiger partial charge on any atom is 0.283 e. The van der Waals surface area contributed by atoms with Crippen molar-refractivity contribution >= 4 is 34.3 Å². The third-order valence-electron chi connectivity index (χ3n) is 2.76. The Balaban J connectivity index is 2.13. The van der Waals surface area contributed by atoms with Gasteiger partial charge in [0.15, 0.2) is 5.13 Å². The smallest absolute Gasteiger partial charge is 0.283 e. The molecule has 0 spiro atoms. The number of hydrogen-bond acceptors (Lipinski definition) is 7. The molecule has 0 saturated carbocycles. The number of nitro groups is 1. The number of hydrazone groups is 1. The normalized spacial score (nSPS) is 10.8. The highest BCUT2D eigenvalue weighted by Gasteiger charge is 2.15. The minimum atomic E-state index is -0.512. The second kappa shape index (κ2) is 6.76. The molecule has 0 aliphatic carbocycles. The van der Waals surface area contributed by atoms with Gasteiger partial charge in [0.1, 0.15) is 4.88 Å². The number of hydrogen-bond donors (Lipinski definition) is 2. The summed E-state index contributed by atoms with van der Waals surface area (Å²) in [6, 6.07) is 6.11. The van der Waals surface area contributed by atoms with Crippen molar-refractivity contribution < 1.29 is 9.72 Å². The number of benzene rings is 1. The van der Waals surface area contributed by atoms with Crippen molar-refractivity contribution in [2.24, 2.45) is 5.10 Å². The van der Waals surface area contributed by atoms with E-state index in [0.29, 0.717) is 27.7 Å². The first kappa shape index (κ1) is 15.6. The highest BCUT2D eigenvalue weighted by molar-refractivity contribution is 7.17. The van der Waals surface area contributed by atoms with Crippen molar-refractivity contribution in [2.75, 3.05) is 5.73 Å². The molecule has 22 heavy (non-hydrogen) atoms. The van der Waals surface area contributed by atoms with Gasteiger partial charge in [-0.05, 0) is 12.5 Å². The lowest BCUT2D eigenvalue weighted by Crippen LogP contribution is -2.17. The van der Waals surface area contributed by atoms with Crippen LogP contribution in [0.1, 0.15) is 27.9 Å². The van der Waals surface area contributed by atoms with Crippen molar-refractivity contribution in [3.05, 3.63) is 50.5 Å². The van der Waals surface area contributed by atoms with Crippen molar-refractivity contribution in [3.8, 4) is 0 Å². The fourth-order valence-electron chi connectivity index (χ4n) is 1.76. The number of nitrogens with two attached hydrogens (primary N) is 1. The molecule has 1 amide bonds. The van der Waals surface area contributed by atoms with Gasteiger partial charge in [-0.1, -0.05) is 30.4 Å². The van der Waals surface area contributed by atoms with E-state index in [0.717, 1.165) is 11.3 Å². The van der Waals surface area contributed by atoms with E-state index in [4.69, 9.17) is 5.73 Å². The Labute approximate surface area is 129 Å². The molecule has 0 fully saturated rings. The Bertz CT molecular complexity index is 741. The lowest BCUT2D eigenvalue weighted by atomic mass is 10.2. The highest BCUT2D eigenvalue weighted by atomic mass is 32.1. The van der Waals surface area contributed by atoms with E-state index in [2.05, 4.69) is 15.5 Å². The number of aryl methyl sites for hydroxylation is 1.